The molecule has 0 radical (unpaired) electrons. The number of hydrogen-bond donors (Lipinski definition) is 12. The summed E-state index contributed by atoms with van der Waals surface area (Å²) in [5.74, 6) is 5.31. The van der Waals surface area contributed by atoms with Crippen molar-refractivity contribution in [2.24, 2.45) is 52.4 Å². The smallest absolute Gasteiger partial charge is 0.299 e. The predicted molar refractivity (Wildman–Crippen MR) is 601 cm³/mol. The maximum atomic E-state index is 13.2. The summed E-state index contributed by atoms with van der Waals surface area (Å²) in [7, 11) is -6.98. The average Bonchev–Trinajstić information content (AvgIpc) is 1.65. The number of rotatable bonds is 45. The number of nitrogens with zero attached hydrogens (tertiary/aromatic N) is 10. The molecule has 49 heteroatoms. The van der Waals surface area contributed by atoms with Crippen molar-refractivity contribution in [3.05, 3.63) is 94.8 Å². The van der Waals surface area contributed by atoms with Crippen LogP contribution in [0, 0.1) is 29.5 Å². The average molecular weight is 2340 g/mol. The van der Waals surface area contributed by atoms with E-state index in [-0.39, 0.29) is 23.6 Å². The molecule has 0 atom stereocenters. The van der Waals surface area contributed by atoms with Gasteiger partial charge in [0.25, 0.3) is 82.8 Å². The summed E-state index contributed by atoms with van der Waals surface area (Å²) in [6.07, 6.45) is 49.2. The Hall–Kier alpha value is -4.66. The molecule has 0 bridgehead atoms. The number of carbonyl (C=O) groups is 5. The molecule has 4 amide bonds. The Labute approximate surface area is 916 Å². The first-order valence-electron chi connectivity index (χ1n) is 54.9. The highest BCUT2D eigenvalue weighted by Crippen LogP contribution is 2.31. The number of carbonyl (C=O) groups excluding carboxylic acids is 5. The van der Waals surface area contributed by atoms with Gasteiger partial charge in [-0.1, -0.05) is 149 Å². The van der Waals surface area contributed by atoms with Gasteiger partial charge in [0.2, 0.25) is 0 Å². The predicted octanol–water partition coefficient (Wildman–Crippen LogP) is 11.5. The van der Waals surface area contributed by atoms with Crippen LogP contribution in [-0.2, 0) is 63.9 Å². The lowest BCUT2D eigenvalue weighted by Crippen LogP contribution is -2.44. The Bertz CT molecular complexity index is 4910. The molecular formula is C101H183BrCl2FN21O18S6. The van der Waals surface area contributed by atoms with E-state index in [2.05, 4.69) is 55.8 Å². The number of aldehydes is 1. The van der Waals surface area contributed by atoms with Gasteiger partial charge in [0, 0.05) is 170 Å². The topological polar surface area (TPSA) is 545 Å². The number of fused-ring (bicyclic) bond motifs is 2. The number of hydrazine groups is 1. The Morgan fingerprint density at radius 1 is 0.393 bits per heavy atom. The highest BCUT2D eigenvalue weighted by atomic mass is 79.9. The van der Waals surface area contributed by atoms with Gasteiger partial charge in [0.15, 0.2) is 0 Å². The van der Waals surface area contributed by atoms with Crippen LogP contribution >= 0.6 is 37.3 Å². The molecule has 17 N–H and O–H groups in total. The number of anilines is 1. The van der Waals surface area contributed by atoms with Gasteiger partial charge in [0.05, 0.1) is 22.3 Å². The van der Waals surface area contributed by atoms with E-state index < -0.39 is 69.8 Å². The van der Waals surface area contributed by atoms with E-state index in [1.54, 1.807) is 80.4 Å². The van der Waals surface area contributed by atoms with Crippen molar-refractivity contribution >= 4 is 132 Å². The number of piperidine rings is 5. The molecule has 3 aromatic rings. The van der Waals surface area contributed by atoms with E-state index in [0.717, 1.165) is 262 Å². The second-order valence-electron chi connectivity index (χ2n) is 40.1. The maximum absolute atomic E-state index is 13.2. The third kappa shape index (κ3) is 53.8. The van der Waals surface area contributed by atoms with Gasteiger partial charge in [-0.2, -0.15) is 63.6 Å². The second kappa shape index (κ2) is 76.9. The Kier molecular flexibility index (Phi) is 69.6. The molecule has 0 aromatic heterocycles. The highest BCUT2D eigenvalue weighted by Gasteiger charge is 2.38. The number of nitrogens with two attached hydrogens (primary N) is 5. The van der Waals surface area contributed by atoms with Crippen LogP contribution in [0.3, 0.4) is 0 Å². The summed E-state index contributed by atoms with van der Waals surface area (Å²) in [6.45, 7) is 19.6. The lowest BCUT2D eigenvalue weighted by atomic mass is 9.89. The van der Waals surface area contributed by atoms with Crippen LogP contribution in [-0.4, -0.2) is 329 Å². The summed E-state index contributed by atoms with van der Waals surface area (Å²) >= 11 is 3.28. The monoisotopic (exact) mass is 2340 g/mol. The van der Waals surface area contributed by atoms with E-state index in [9.17, 15) is 78.9 Å². The van der Waals surface area contributed by atoms with Crippen LogP contribution in [0.2, 0.25) is 0 Å². The molecule has 150 heavy (non-hydrogen) atoms. The minimum absolute atomic E-state index is 0.170. The molecule has 11 aliphatic rings. The minimum atomic E-state index is -4.00. The van der Waals surface area contributed by atoms with Crippen molar-refractivity contribution in [2.45, 2.75) is 281 Å². The standard InChI is InChI=1S/C26H40N4O4S.C18H38N4O2S.C15H31N3O2S.C11H10BrNO2.C8H9ClFNO2S.C8H19N3O2S.C7H12O.C5H10ClNO2S.C3H10N2.H4N2O/c31-25-23-13-5-6-14-24(23)26(32)30(25)20-10-17-28(21-22-11-3-1-4-12-22)16-9-15-27-35(33,34)29-18-7-2-8-19-29;19-11-7-13-21(17-18-9-3-1-4-10-18)14-8-12-20-25(23,24)22-15-5-2-6-16-22;19-21(20,18-12-5-2-6-13-18)17-11-7-10-16-14-15-8-3-1-4-9-15;12-6-3-7-13-10(14)8-4-1-2-5-9(8)11(13)15;1-11(2)6-3-4-8(7(10)5-6)14(9,12)13;9-5-4-6-10-14(12,13)11-7-2-1-3-8-11;8-6-7-4-2-1-3-5-7;6-10(8,9)7-4-2-1-3-5-7;4-2-1-3-5;1-2-3/h5-6,13-14,22,27H,1-4,7-12,15-21H2;18,20H,1-17,19H2;15-17H,1-14H2;1-2,4-5H,3,6-7H2;3-5H,1-2H3;10H,1-9H2;6-7H,1-5H2;1-5H2;1-5H2;2-3H,1H2. The number of alkyl halides is 1. The molecule has 7 heterocycles. The summed E-state index contributed by atoms with van der Waals surface area (Å²) in [6, 6.07) is 17.7. The van der Waals surface area contributed by atoms with Crippen LogP contribution in [0.1, 0.15) is 318 Å². The zero-order valence-corrected chi connectivity index (χ0v) is 97.4. The molecule has 0 spiro atoms. The number of hydrogen-bond acceptors (Lipinski definition) is 28. The number of halogens is 4. The summed E-state index contributed by atoms with van der Waals surface area (Å²) in [4.78, 5) is 67.8. The van der Waals surface area contributed by atoms with Crippen molar-refractivity contribution in [3.63, 3.8) is 0 Å². The van der Waals surface area contributed by atoms with Gasteiger partial charge in [-0.15, -0.1) is 5.59 Å². The van der Waals surface area contributed by atoms with Crippen molar-refractivity contribution in [3.8, 4) is 0 Å². The van der Waals surface area contributed by atoms with E-state index in [1.165, 1.54) is 146 Å². The van der Waals surface area contributed by atoms with Gasteiger partial charge in [-0.3, -0.25) is 29.0 Å². The van der Waals surface area contributed by atoms with Crippen LogP contribution in [0.15, 0.2) is 71.6 Å². The Morgan fingerprint density at radius 3 is 0.987 bits per heavy atom. The molecular weight excluding hydrogens is 2160 g/mol. The maximum Gasteiger partial charge on any atom is 0.299 e. The fourth-order valence-corrected chi connectivity index (χ4v) is 27.1. The molecule has 5 saturated heterocycles. The third-order valence-electron chi connectivity index (χ3n) is 28.0. The van der Waals surface area contributed by atoms with E-state index in [1.807, 2.05) is 0 Å². The quantitative estimate of drug-likeness (QED) is 0.00475. The minimum Gasteiger partial charge on any atom is -0.378 e. The first kappa shape index (κ1) is 136. The summed E-state index contributed by atoms with van der Waals surface area (Å²) in [5.41, 5.74) is 25.0. The van der Waals surface area contributed by atoms with Crippen LogP contribution in [0.5, 0.6) is 0 Å². The normalized spacial score (nSPS) is 18.9. The fourth-order valence-electron chi connectivity index (χ4n) is 19.6. The molecule has 14 rings (SSSR count). The fraction of sp³-hybridized carbons (Fsp3) is 0.772. The summed E-state index contributed by atoms with van der Waals surface area (Å²) < 4.78 is 172. The molecule has 864 valence electrons. The largest absolute Gasteiger partial charge is 0.378 e. The molecule has 0 unspecified atom stereocenters. The van der Waals surface area contributed by atoms with Crippen LogP contribution in [0.4, 0.5) is 10.1 Å². The number of amides is 4. The highest BCUT2D eigenvalue weighted by molar-refractivity contribution is 9.09. The summed E-state index contributed by atoms with van der Waals surface area (Å²) in [5, 5.41) is 11.4. The van der Waals surface area contributed by atoms with Gasteiger partial charge < -0.3 is 53.0 Å². The number of nitrogens with one attached hydrogen (secondary N) is 6. The van der Waals surface area contributed by atoms with Gasteiger partial charge >= 0.3 is 0 Å². The first-order chi connectivity index (χ1) is 71.9. The molecule has 7 aliphatic heterocycles. The molecule has 4 saturated carbocycles. The van der Waals surface area contributed by atoms with Crippen molar-refractivity contribution in [1.29, 1.82) is 0 Å². The molecule has 4 aliphatic carbocycles. The number of benzene rings is 3. The zero-order valence-electron chi connectivity index (χ0n) is 89.4. The van der Waals surface area contributed by atoms with Gasteiger partial charge in [0.1, 0.15) is 17.0 Å². The zero-order chi connectivity index (χ0) is 110. The van der Waals surface area contributed by atoms with E-state index >= 15 is 0 Å². The van der Waals surface area contributed by atoms with Gasteiger partial charge in [-0.25, -0.2) is 37.5 Å². The second-order valence-corrected chi connectivity index (χ2v) is 52.9. The van der Waals surface area contributed by atoms with Crippen LogP contribution < -0.4 is 63.5 Å². The molecule has 39 nitrogen and oxygen atoms in total. The third-order valence-corrected chi connectivity index (χ3v) is 37.9. The first-order valence-corrected chi connectivity index (χ1v) is 66.4. The number of imide groups is 2. The Morgan fingerprint density at radius 2 is 0.693 bits per heavy atom. The van der Waals surface area contributed by atoms with E-state index in [0.29, 0.717) is 157 Å². The van der Waals surface area contributed by atoms with E-state index in [4.69, 9.17) is 49.5 Å². The SMILES string of the molecule is CN(C)c1ccc(S(=O)(=O)Cl)c(F)c1.NCCCN.NCCCN(CCCNS(=O)(=O)N1CCCCC1)CC1CCCCC1.NCCCNS(=O)(=O)N1CCCCC1.NNO.O=C1c2ccccc2C(=O)N1CCCBr.O=C1c2ccccc2C(=O)N1CCCN(CCCNS(=O)(=O)N1CCCCC1)CC1CCCCC1.O=CC1CCCCC1.O=S(=O)(Cl)N1CCCCC1.O=S(=O)(NCCCNCC1CCCCC1)N1CCCCC1. The lowest BCUT2D eigenvalue weighted by Gasteiger charge is -2.30. The van der Waals surface area contributed by atoms with Gasteiger partial charge in [-0.05, 0) is 293 Å². The van der Waals surface area contributed by atoms with Crippen molar-refractivity contribution in [1.82, 2.24) is 70.9 Å². The van der Waals surface area contributed by atoms with Crippen molar-refractivity contribution in [2.75, 3.05) is 208 Å². The molecule has 9 fully saturated rings. The van der Waals surface area contributed by atoms with Crippen molar-refractivity contribution < 1.29 is 84.1 Å². The Balaban J connectivity index is 0.000000309. The van der Waals surface area contributed by atoms with Crippen LogP contribution in [0.25, 0.3) is 0 Å². The lowest BCUT2D eigenvalue weighted by molar-refractivity contribution is -0.111. The molecule has 3 aromatic carbocycles.